The van der Waals surface area contributed by atoms with Gasteiger partial charge in [0.1, 0.15) is 17.5 Å². The number of furan rings is 1. The second-order valence-electron chi connectivity index (χ2n) is 6.24. The fourth-order valence-corrected chi connectivity index (χ4v) is 2.69. The molecule has 3 rings (SSSR count). The van der Waals surface area contributed by atoms with Gasteiger partial charge < -0.3 is 19.8 Å². The molecule has 0 aliphatic rings. The van der Waals surface area contributed by atoms with E-state index in [4.69, 9.17) is 9.15 Å². The molecule has 0 aliphatic carbocycles. The molecule has 1 unspecified atom stereocenters. The van der Waals surface area contributed by atoms with E-state index < -0.39 is 17.5 Å². The van der Waals surface area contributed by atoms with Crippen molar-refractivity contribution in [1.82, 2.24) is 9.78 Å². The van der Waals surface area contributed by atoms with Crippen molar-refractivity contribution in [2.75, 3.05) is 17.7 Å². The van der Waals surface area contributed by atoms with Crippen LogP contribution in [0.25, 0.3) is 11.5 Å². The molecule has 9 heteroatoms. The number of ether oxygens (including phenoxy) is 1. The van der Waals surface area contributed by atoms with E-state index >= 15 is 0 Å². The summed E-state index contributed by atoms with van der Waals surface area (Å²) in [4.78, 5) is 36.3. The van der Waals surface area contributed by atoms with Gasteiger partial charge in [0.25, 0.3) is 5.56 Å². The highest BCUT2D eigenvalue weighted by atomic mass is 16.5. The average Bonchev–Trinajstić information content (AvgIpc) is 3.22. The highest BCUT2D eigenvalue weighted by molar-refractivity contribution is 5.96. The number of hydrogen-bond donors (Lipinski definition) is 2. The zero-order chi connectivity index (χ0) is 21.0. The van der Waals surface area contributed by atoms with E-state index in [2.05, 4.69) is 15.7 Å². The SMILES string of the molecule is COc1ccc(NC(C)=O)cc1NC(=O)C(C)n1nc(-c2ccco2)ccc1=O. The van der Waals surface area contributed by atoms with Crippen molar-refractivity contribution in [2.45, 2.75) is 19.9 Å². The first-order chi connectivity index (χ1) is 13.9. The smallest absolute Gasteiger partial charge is 0.267 e. The Labute approximate surface area is 166 Å². The number of benzene rings is 1. The van der Waals surface area contributed by atoms with Crippen LogP contribution in [0, 0.1) is 0 Å². The Hall–Kier alpha value is -3.88. The maximum Gasteiger partial charge on any atom is 0.267 e. The molecule has 0 spiro atoms. The lowest BCUT2D eigenvalue weighted by atomic mass is 10.2. The third kappa shape index (κ3) is 4.52. The molecular weight excluding hydrogens is 376 g/mol. The maximum absolute atomic E-state index is 12.8. The van der Waals surface area contributed by atoms with Crippen LogP contribution in [0.3, 0.4) is 0 Å². The summed E-state index contributed by atoms with van der Waals surface area (Å²) < 4.78 is 11.6. The molecule has 0 bridgehead atoms. The van der Waals surface area contributed by atoms with E-state index in [0.29, 0.717) is 28.6 Å². The van der Waals surface area contributed by atoms with Crippen LogP contribution in [0.15, 0.2) is 57.9 Å². The van der Waals surface area contributed by atoms with Crippen molar-refractivity contribution in [3.63, 3.8) is 0 Å². The summed E-state index contributed by atoms with van der Waals surface area (Å²) in [5.41, 5.74) is 0.851. The summed E-state index contributed by atoms with van der Waals surface area (Å²) in [6.07, 6.45) is 1.50. The van der Waals surface area contributed by atoms with Gasteiger partial charge >= 0.3 is 0 Å². The average molecular weight is 396 g/mol. The fourth-order valence-electron chi connectivity index (χ4n) is 2.69. The van der Waals surface area contributed by atoms with E-state index in [0.717, 1.165) is 4.68 Å². The van der Waals surface area contributed by atoms with Gasteiger partial charge in [0.05, 0.1) is 19.1 Å². The summed E-state index contributed by atoms with van der Waals surface area (Å²) in [5.74, 6) is 0.168. The lowest BCUT2D eigenvalue weighted by Gasteiger charge is -2.17. The second kappa shape index (κ2) is 8.42. The maximum atomic E-state index is 12.8. The molecule has 0 radical (unpaired) electrons. The highest BCUT2D eigenvalue weighted by Gasteiger charge is 2.20. The van der Waals surface area contributed by atoms with Gasteiger partial charge in [0.15, 0.2) is 5.76 Å². The predicted octanol–water partition coefficient (Wildman–Crippen LogP) is 2.67. The Bertz CT molecular complexity index is 1090. The fraction of sp³-hybridized carbons (Fsp3) is 0.200. The van der Waals surface area contributed by atoms with Crippen molar-refractivity contribution in [1.29, 1.82) is 0 Å². The van der Waals surface area contributed by atoms with Gasteiger partial charge in [-0.3, -0.25) is 14.4 Å². The summed E-state index contributed by atoms with van der Waals surface area (Å²) in [6, 6.07) is 10.2. The van der Waals surface area contributed by atoms with E-state index in [1.54, 1.807) is 37.3 Å². The van der Waals surface area contributed by atoms with Gasteiger partial charge in [-0.25, -0.2) is 4.68 Å². The third-order valence-corrected chi connectivity index (χ3v) is 4.12. The Kier molecular flexibility index (Phi) is 5.77. The molecule has 2 N–H and O–H groups in total. The first-order valence-corrected chi connectivity index (χ1v) is 8.79. The summed E-state index contributed by atoms with van der Waals surface area (Å²) >= 11 is 0. The molecule has 2 amide bonds. The molecule has 9 nitrogen and oxygen atoms in total. The number of amides is 2. The Morgan fingerprint density at radius 2 is 1.97 bits per heavy atom. The lowest BCUT2D eigenvalue weighted by Crippen LogP contribution is -2.33. The number of rotatable bonds is 6. The molecule has 3 aromatic rings. The third-order valence-electron chi connectivity index (χ3n) is 4.12. The molecule has 150 valence electrons. The van der Waals surface area contributed by atoms with Crippen LogP contribution in [0.4, 0.5) is 11.4 Å². The van der Waals surface area contributed by atoms with Gasteiger partial charge in [0, 0.05) is 18.7 Å². The van der Waals surface area contributed by atoms with E-state index in [-0.39, 0.29) is 5.91 Å². The molecule has 1 atom stereocenters. The Balaban J connectivity index is 1.87. The summed E-state index contributed by atoms with van der Waals surface area (Å²) in [6.45, 7) is 2.94. The number of anilines is 2. The standard InChI is InChI=1S/C20H20N4O5/c1-12(24-19(26)9-7-15(23-24)18-5-4-10-29-18)20(27)22-16-11-14(21-13(2)25)6-8-17(16)28-3/h4-12H,1-3H3,(H,21,25)(H,22,27). The zero-order valence-electron chi connectivity index (χ0n) is 16.1. The molecule has 2 aromatic heterocycles. The van der Waals surface area contributed by atoms with E-state index in [1.807, 2.05) is 0 Å². The predicted molar refractivity (Wildman–Crippen MR) is 107 cm³/mol. The van der Waals surface area contributed by atoms with Crippen LogP contribution in [0.1, 0.15) is 19.9 Å². The van der Waals surface area contributed by atoms with E-state index in [9.17, 15) is 14.4 Å². The molecule has 2 heterocycles. The van der Waals surface area contributed by atoms with Crippen LogP contribution in [-0.2, 0) is 9.59 Å². The normalized spacial score (nSPS) is 11.6. The molecule has 0 fully saturated rings. The first kappa shape index (κ1) is 19.9. The topological polar surface area (TPSA) is 115 Å². The lowest BCUT2D eigenvalue weighted by molar-refractivity contribution is -0.119. The number of methoxy groups -OCH3 is 1. The van der Waals surface area contributed by atoms with E-state index in [1.165, 1.54) is 32.4 Å². The molecule has 0 aliphatic heterocycles. The summed E-state index contributed by atoms with van der Waals surface area (Å²) in [5, 5.41) is 9.59. The number of hydrogen-bond acceptors (Lipinski definition) is 6. The largest absolute Gasteiger partial charge is 0.495 e. The van der Waals surface area contributed by atoms with Gasteiger partial charge in [-0.1, -0.05) is 0 Å². The minimum absolute atomic E-state index is 0.244. The summed E-state index contributed by atoms with van der Waals surface area (Å²) in [7, 11) is 1.46. The van der Waals surface area contributed by atoms with Gasteiger partial charge in [-0.2, -0.15) is 5.10 Å². The minimum Gasteiger partial charge on any atom is -0.495 e. The quantitative estimate of drug-likeness (QED) is 0.662. The second-order valence-corrected chi connectivity index (χ2v) is 6.24. The van der Waals surface area contributed by atoms with Crippen LogP contribution in [0.2, 0.25) is 0 Å². The molecule has 0 saturated heterocycles. The zero-order valence-corrected chi connectivity index (χ0v) is 16.1. The number of aromatic nitrogens is 2. The highest BCUT2D eigenvalue weighted by Crippen LogP contribution is 2.28. The monoisotopic (exact) mass is 396 g/mol. The molecular formula is C20H20N4O5. The van der Waals surface area contributed by atoms with Gasteiger partial charge in [-0.15, -0.1) is 0 Å². The van der Waals surface area contributed by atoms with Gasteiger partial charge in [-0.05, 0) is 43.3 Å². The van der Waals surface area contributed by atoms with Crippen molar-refractivity contribution >= 4 is 23.2 Å². The number of nitrogens with zero attached hydrogens (tertiary/aromatic N) is 2. The number of nitrogens with one attached hydrogen (secondary N) is 2. The number of carbonyl (C=O) groups excluding carboxylic acids is 2. The number of carbonyl (C=O) groups is 2. The molecule has 29 heavy (non-hydrogen) atoms. The molecule has 1 aromatic carbocycles. The van der Waals surface area contributed by atoms with Crippen LogP contribution in [-0.4, -0.2) is 28.7 Å². The van der Waals surface area contributed by atoms with Crippen molar-refractivity contribution in [3.8, 4) is 17.2 Å². The van der Waals surface area contributed by atoms with Crippen LogP contribution >= 0.6 is 0 Å². The van der Waals surface area contributed by atoms with Crippen molar-refractivity contribution in [3.05, 3.63) is 59.1 Å². The Morgan fingerprint density at radius 3 is 2.62 bits per heavy atom. The van der Waals surface area contributed by atoms with Crippen molar-refractivity contribution in [2.24, 2.45) is 0 Å². The van der Waals surface area contributed by atoms with Gasteiger partial charge in [0.2, 0.25) is 11.8 Å². The Morgan fingerprint density at radius 1 is 1.17 bits per heavy atom. The van der Waals surface area contributed by atoms with Crippen molar-refractivity contribution < 1.29 is 18.7 Å². The van der Waals surface area contributed by atoms with Crippen LogP contribution in [0.5, 0.6) is 5.75 Å². The van der Waals surface area contributed by atoms with Crippen LogP contribution < -0.4 is 20.9 Å². The minimum atomic E-state index is -0.911. The molecule has 0 saturated carbocycles. The first-order valence-electron chi connectivity index (χ1n) is 8.79.